The predicted octanol–water partition coefficient (Wildman–Crippen LogP) is 3.12. The predicted molar refractivity (Wildman–Crippen MR) is 186 cm³/mol. The van der Waals surface area contributed by atoms with Crippen molar-refractivity contribution in [3.05, 3.63) is 75.3 Å². The van der Waals surface area contributed by atoms with Gasteiger partial charge in [0.2, 0.25) is 12.5 Å². The first-order valence-corrected chi connectivity index (χ1v) is 17.0. The van der Waals surface area contributed by atoms with E-state index >= 15 is 0 Å². The Hall–Kier alpha value is -3.51. The number of amides is 1. The van der Waals surface area contributed by atoms with Gasteiger partial charge in [-0.1, -0.05) is 30.8 Å². The number of aromatic nitrogens is 2. The number of halogens is 1. The molecule has 11 nitrogen and oxygen atoms in total. The van der Waals surface area contributed by atoms with E-state index in [1.807, 2.05) is 0 Å². The van der Waals surface area contributed by atoms with Crippen LogP contribution in [0.4, 0.5) is 11.5 Å². The van der Waals surface area contributed by atoms with Crippen molar-refractivity contribution in [3.8, 4) is 6.01 Å². The summed E-state index contributed by atoms with van der Waals surface area (Å²) in [5.74, 6) is 0.654. The summed E-state index contributed by atoms with van der Waals surface area (Å²) in [6.07, 6.45) is 3.21. The van der Waals surface area contributed by atoms with Crippen molar-refractivity contribution in [2.24, 2.45) is 0 Å². The minimum absolute atomic E-state index is 0.0926. The number of likely N-dealkylation sites (tertiary alicyclic amines) is 1. The number of piperazine rings is 1. The standard InChI is InChI=1S/C34H40IN7O4/c1-3-31(45)42-16-15-41(18-25(42)17-36-2)33-27-12-14-40(30-11-5-8-23-7-4-10-28(35)32(23)30)20-29(27)37-34(38-33)46-22-24-9-6-13-39(24)19-26(44)21-43/h3-5,7-8,10-11,24-26,43-44H,1,6,9,12-22H2/t24-,25-,26?/m0/s1. The maximum absolute atomic E-state index is 12.6. The molecule has 242 valence electrons. The molecule has 1 amide bonds. The molecule has 2 N–H and O–H groups in total. The highest BCUT2D eigenvalue weighted by Gasteiger charge is 2.35. The molecule has 0 spiro atoms. The van der Waals surface area contributed by atoms with Crippen molar-refractivity contribution in [2.75, 3.05) is 68.8 Å². The lowest BCUT2D eigenvalue weighted by molar-refractivity contribution is -0.128. The molecule has 6 rings (SSSR count). The van der Waals surface area contributed by atoms with Crippen LogP contribution in [0.2, 0.25) is 0 Å². The lowest BCUT2D eigenvalue weighted by Gasteiger charge is -2.41. The molecular formula is C34H40IN7O4. The summed E-state index contributed by atoms with van der Waals surface area (Å²) in [7, 11) is 0. The highest BCUT2D eigenvalue weighted by molar-refractivity contribution is 14.1. The van der Waals surface area contributed by atoms with Crippen molar-refractivity contribution in [1.82, 2.24) is 19.8 Å². The molecule has 12 heteroatoms. The summed E-state index contributed by atoms with van der Waals surface area (Å²) >= 11 is 2.41. The van der Waals surface area contributed by atoms with Crippen molar-refractivity contribution < 1.29 is 19.7 Å². The van der Waals surface area contributed by atoms with E-state index in [2.05, 4.69) is 85.1 Å². The molecular weight excluding hydrogens is 697 g/mol. The average molecular weight is 738 g/mol. The number of hydrogen-bond donors (Lipinski definition) is 2. The normalized spacial score (nSPS) is 20.8. The number of hydrogen-bond acceptors (Lipinski definition) is 9. The first-order valence-electron chi connectivity index (χ1n) is 15.9. The number of carbonyl (C=O) groups excluding carboxylic acids is 1. The van der Waals surface area contributed by atoms with Gasteiger partial charge in [-0.3, -0.25) is 9.69 Å². The first kappa shape index (κ1) is 32.4. The summed E-state index contributed by atoms with van der Waals surface area (Å²) < 4.78 is 7.54. The van der Waals surface area contributed by atoms with E-state index in [1.54, 1.807) is 4.90 Å². The van der Waals surface area contributed by atoms with E-state index in [4.69, 9.17) is 21.3 Å². The zero-order valence-electron chi connectivity index (χ0n) is 25.9. The van der Waals surface area contributed by atoms with Crippen LogP contribution >= 0.6 is 22.6 Å². The third kappa shape index (κ3) is 6.78. The van der Waals surface area contributed by atoms with Gasteiger partial charge in [0.1, 0.15) is 18.5 Å². The Morgan fingerprint density at radius 3 is 2.76 bits per heavy atom. The van der Waals surface area contributed by atoms with Crippen molar-refractivity contribution >= 4 is 50.8 Å². The van der Waals surface area contributed by atoms with Crippen LogP contribution in [0, 0.1) is 10.1 Å². The summed E-state index contributed by atoms with van der Waals surface area (Å²) in [4.78, 5) is 34.7. The van der Waals surface area contributed by atoms with Crippen LogP contribution in [0.3, 0.4) is 0 Å². The van der Waals surface area contributed by atoms with Gasteiger partial charge in [0.15, 0.2) is 0 Å². The number of benzene rings is 2. The molecule has 1 unspecified atom stereocenters. The molecule has 0 saturated carbocycles. The van der Waals surface area contributed by atoms with E-state index in [0.717, 1.165) is 49.4 Å². The number of rotatable bonds is 10. The third-order valence-corrected chi connectivity index (χ3v) is 10.2. The first-order chi connectivity index (χ1) is 22.4. The summed E-state index contributed by atoms with van der Waals surface area (Å²) in [5, 5.41) is 21.8. The maximum atomic E-state index is 12.6. The SMILES string of the molecule is [C-]#[N+]C[C@H]1CN(c2nc(OC[C@@H]3CCCN3CC(O)CO)nc3c2CCN(c2cccc4cccc(I)c24)C3)CCN1C(=O)C=C. The summed E-state index contributed by atoms with van der Waals surface area (Å²) in [6, 6.07) is 12.9. The number of carbonyl (C=O) groups is 1. The molecule has 3 aliphatic heterocycles. The van der Waals surface area contributed by atoms with Crippen LogP contribution in [0.1, 0.15) is 24.1 Å². The van der Waals surface area contributed by atoms with Gasteiger partial charge in [0, 0.05) is 59.0 Å². The van der Waals surface area contributed by atoms with Crippen LogP contribution < -0.4 is 14.5 Å². The smallest absolute Gasteiger partial charge is 0.318 e. The quantitative estimate of drug-likeness (QED) is 0.185. The highest BCUT2D eigenvalue weighted by Crippen LogP contribution is 2.36. The van der Waals surface area contributed by atoms with Gasteiger partial charge >= 0.3 is 6.01 Å². The topological polar surface area (TPSA) is 110 Å². The number of ether oxygens (including phenoxy) is 1. The van der Waals surface area contributed by atoms with E-state index in [-0.39, 0.29) is 31.1 Å². The molecule has 2 fully saturated rings. The minimum atomic E-state index is -0.787. The number of aliphatic hydroxyl groups is 2. The molecule has 4 heterocycles. The van der Waals surface area contributed by atoms with Crippen LogP contribution in [0.15, 0.2) is 49.1 Å². The second kappa shape index (κ2) is 14.5. The molecule has 3 aromatic rings. The molecule has 2 saturated heterocycles. The molecule has 0 bridgehead atoms. The van der Waals surface area contributed by atoms with Crippen molar-refractivity contribution in [3.63, 3.8) is 0 Å². The Morgan fingerprint density at radius 2 is 1.98 bits per heavy atom. The Bertz CT molecular complexity index is 1630. The van der Waals surface area contributed by atoms with Crippen LogP contribution in [-0.4, -0.2) is 113 Å². The molecule has 0 radical (unpaired) electrons. The number of aliphatic hydroxyl groups excluding tert-OH is 2. The van der Waals surface area contributed by atoms with Gasteiger partial charge in [-0.15, -0.1) is 0 Å². The largest absolute Gasteiger partial charge is 0.462 e. The molecule has 3 aliphatic rings. The van der Waals surface area contributed by atoms with E-state index in [9.17, 15) is 15.0 Å². The average Bonchev–Trinajstić information content (AvgIpc) is 3.52. The molecule has 3 atom stereocenters. The molecule has 2 aromatic carbocycles. The number of anilines is 2. The fourth-order valence-electron chi connectivity index (χ4n) is 7.00. The van der Waals surface area contributed by atoms with E-state index in [0.29, 0.717) is 45.3 Å². The lowest BCUT2D eigenvalue weighted by Crippen LogP contribution is -2.56. The Kier molecular flexibility index (Phi) is 10.2. The van der Waals surface area contributed by atoms with Gasteiger partial charge in [-0.25, -0.2) is 6.57 Å². The zero-order valence-corrected chi connectivity index (χ0v) is 28.0. The van der Waals surface area contributed by atoms with E-state index in [1.165, 1.54) is 26.1 Å². The third-order valence-electron chi connectivity index (χ3n) is 9.30. The zero-order chi connectivity index (χ0) is 32.2. The molecule has 46 heavy (non-hydrogen) atoms. The van der Waals surface area contributed by atoms with Crippen molar-refractivity contribution in [1.29, 1.82) is 0 Å². The number of fused-ring (bicyclic) bond motifs is 2. The second-order valence-corrected chi connectivity index (χ2v) is 13.3. The number of β-amino-alcohol motifs (C(OH)–C–C–N with tert-alkyl or cyclic N) is 1. The van der Waals surface area contributed by atoms with Crippen LogP contribution in [0.25, 0.3) is 15.6 Å². The fraction of sp³-hybridized carbons (Fsp3) is 0.471. The van der Waals surface area contributed by atoms with E-state index < -0.39 is 6.10 Å². The van der Waals surface area contributed by atoms with Gasteiger partial charge in [-0.2, -0.15) is 9.97 Å². The Morgan fingerprint density at radius 1 is 1.15 bits per heavy atom. The molecule has 1 aromatic heterocycles. The van der Waals surface area contributed by atoms with Gasteiger partial charge in [-0.05, 0) is 72.0 Å². The lowest BCUT2D eigenvalue weighted by atomic mass is 10.0. The summed E-state index contributed by atoms with van der Waals surface area (Å²) in [5.41, 5.74) is 3.17. The molecule has 0 aliphatic carbocycles. The minimum Gasteiger partial charge on any atom is -0.462 e. The van der Waals surface area contributed by atoms with Crippen LogP contribution in [0.5, 0.6) is 6.01 Å². The maximum Gasteiger partial charge on any atom is 0.318 e. The van der Waals surface area contributed by atoms with Crippen LogP contribution in [-0.2, 0) is 17.8 Å². The Labute approximate surface area is 283 Å². The number of nitrogens with zero attached hydrogens (tertiary/aromatic N) is 7. The van der Waals surface area contributed by atoms with Gasteiger partial charge in [0.05, 0.1) is 24.9 Å². The Balaban J connectivity index is 1.31. The highest BCUT2D eigenvalue weighted by atomic mass is 127. The summed E-state index contributed by atoms with van der Waals surface area (Å²) in [6.45, 7) is 15.7. The van der Waals surface area contributed by atoms with Gasteiger partial charge in [0.25, 0.3) is 0 Å². The van der Waals surface area contributed by atoms with Gasteiger partial charge < -0.3 is 34.5 Å². The monoisotopic (exact) mass is 737 g/mol. The second-order valence-electron chi connectivity index (χ2n) is 12.2. The van der Waals surface area contributed by atoms with Crippen molar-refractivity contribution in [2.45, 2.75) is 44.0 Å². The fourth-order valence-corrected chi connectivity index (χ4v) is 7.80.